The van der Waals surface area contributed by atoms with E-state index in [0.29, 0.717) is 26.5 Å². The summed E-state index contributed by atoms with van der Waals surface area (Å²) in [7, 11) is -3.79. The summed E-state index contributed by atoms with van der Waals surface area (Å²) in [5, 5.41) is 16.8. The van der Waals surface area contributed by atoms with Crippen molar-refractivity contribution < 1.29 is 13.2 Å². The van der Waals surface area contributed by atoms with Crippen LogP contribution in [-0.2, 0) is 10.0 Å². The summed E-state index contributed by atoms with van der Waals surface area (Å²) in [5.41, 5.74) is 1.41. The molecule has 3 N–H and O–H groups in total. The second-order valence-corrected chi connectivity index (χ2v) is 7.43. The fourth-order valence-corrected chi connectivity index (χ4v) is 3.52. The van der Waals surface area contributed by atoms with E-state index in [0.717, 1.165) is 11.3 Å². The number of aromatic nitrogens is 1. The number of sulfonamides is 1. The van der Waals surface area contributed by atoms with E-state index in [1.807, 2.05) is 6.07 Å². The van der Waals surface area contributed by atoms with Crippen molar-refractivity contribution in [3.8, 4) is 6.07 Å². The van der Waals surface area contributed by atoms with Gasteiger partial charge < -0.3 is 0 Å². The largest absolute Gasteiger partial charge is 0.298 e. The van der Waals surface area contributed by atoms with Crippen LogP contribution in [-0.4, -0.2) is 19.3 Å². The topological polar surface area (TPSA) is 126 Å². The zero-order valence-corrected chi connectivity index (χ0v) is 13.7. The molecule has 9 heteroatoms. The van der Waals surface area contributed by atoms with E-state index in [1.54, 1.807) is 24.3 Å². The summed E-state index contributed by atoms with van der Waals surface area (Å²) in [4.78, 5) is 16.4. The number of carbonyl (C=O) groups is 1. The second kappa shape index (κ2) is 6.01. The van der Waals surface area contributed by atoms with Crippen molar-refractivity contribution >= 4 is 42.6 Å². The number of amides is 1. The Morgan fingerprint density at radius 3 is 2.54 bits per heavy atom. The van der Waals surface area contributed by atoms with E-state index in [1.165, 1.54) is 18.2 Å². The van der Waals surface area contributed by atoms with Gasteiger partial charge in [0.25, 0.3) is 5.91 Å². The van der Waals surface area contributed by atoms with Crippen LogP contribution in [0.5, 0.6) is 0 Å². The quantitative estimate of drug-likeness (QED) is 0.741. The summed E-state index contributed by atoms with van der Waals surface area (Å²) in [6.45, 7) is 0. The number of nitrogens with one attached hydrogen (secondary N) is 1. The van der Waals surface area contributed by atoms with Gasteiger partial charge in [0.1, 0.15) is 0 Å². The summed E-state index contributed by atoms with van der Waals surface area (Å²) in [6.07, 6.45) is 0. The van der Waals surface area contributed by atoms with Crippen LogP contribution in [0.2, 0.25) is 0 Å². The number of nitrogens with two attached hydrogens (primary N) is 1. The lowest BCUT2D eigenvalue weighted by atomic mass is 10.1. The van der Waals surface area contributed by atoms with E-state index in [4.69, 9.17) is 10.4 Å². The molecule has 0 radical (unpaired) electrons. The number of benzene rings is 2. The van der Waals surface area contributed by atoms with Gasteiger partial charge in [-0.2, -0.15) is 5.26 Å². The maximum Gasteiger partial charge on any atom is 0.257 e. The highest BCUT2D eigenvalue weighted by molar-refractivity contribution is 7.89. The fraction of sp³-hybridized carbons (Fsp3) is 0. The smallest absolute Gasteiger partial charge is 0.257 e. The Labute approximate surface area is 141 Å². The van der Waals surface area contributed by atoms with Crippen LogP contribution in [0.15, 0.2) is 47.4 Å². The monoisotopic (exact) mass is 358 g/mol. The van der Waals surface area contributed by atoms with Crippen LogP contribution in [0.1, 0.15) is 15.9 Å². The van der Waals surface area contributed by atoms with Gasteiger partial charge in [0.15, 0.2) is 5.13 Å². The minimum Gasteiger partial charge on any atom is -0.298 e. The van der Waals surface area contributed by atoms with Crippen LogP contribution in [0.25, 0.3) is 10.2 Å². The molecule has 0 aliphatic carbocycles. The van der Waals surface area contributed by atoms with Gasteiger partial charge in [-0.05, 0) is 42.5 Å². The lowest BCUT2D eigenvalue weighted by Crippen LogP contribution is -2.11. The Hall–Kier alpha value is -2.80. The first-order chi connectivity index (χ1) is 11.4. The number of thiazole rings is 1. The number of nitriles is 1. The third-order valence-corrected chi connectivity index (χ3v) is 5.03. The standard InChI is InChI=1S/C15H10N4O3S2/c16-8-9-1-3-10(4-2-9)14(20)19-15-18-12-6-5-11(24(17,21)22)7-13(12)23-15/h1-7H,(H2,17,21,22)(H,18,19,20). The lowest BCUT2D eigenvalue weighted by molar-refractivity contribution is 0.102. The first kappa shape index (κ1) is 16.1. The van der Waals surface area contributed by atoms with Crippen molar-refractivity contribution in [3.05, 3.63) is 53.6 Å². The minimum atomic E-state index is -3.79. The van der Waals surface area contributed by atoms with Gasteiger partial charge in [0, 0.05) is 5.56 Å². The molecule has 0 atom stereocenters. The molecule has 0 bridgehead atoms. The van der Waals surface area contributed by atoms with Crippen LogP contribution < -0.4 is 10.5 Å². The van der Waals surface area contributed by atoms with Crippen LogP contribution >= 0.6 is 11.3 Å². The van der Waals surface area contributed by atoms with Crippen LogP contribution in [0.3, 0.4) is 0 Å². The highest BCUT2D eigenvalue weighted by Crippen LogP contribution is 2.28. The molecule has 0 spiro atoms. The molecule has 3 rings (SSSR count). The van der Waals surface area contributed by atoms with Gasteiger partial charge >= 0.3 is 0 Å². The Morgan fingerprint density at radius 1 is 1.21 bits per heavy atom. The maximum absolute atomic E-state index is 12.2. The maximum atomic E-state index is 12.2. The molecular weight excluding hydrogens is 348 g/mol. The number of hydrogen-bond donors (Lipinski definition) is 2. The fourth-order valence-electron chi connectivity index (χ4n) is 2.00. The predicted molar refractivity (Wildman–Crippen MR) is 90.1 cm³/mol. The summed E-state index contributed by atoms with van der Waals surface area (Å²) >= 11 is 1.14. The van der Waals surface area contributed by atoms with Gasteiger partial charge in [0.2, 0.25) is 10.0 Å². The van der Waals surface area contributed by atoms with Gasteiger partial charge in [0.05, 0.1) is 26.7 Å². The summed E-state index contributed by atoms with van der Waals surface area (Å²) < 4.78 is 23.3. The number of anilines is 1. The van der Waals surface area contributed by atoms with Gasteiger partial charge in [-0.1, -0.05) is 11.3 Å². The molecule has 1 amide bonds. The molecule has 0 fully saturated rings. The van der Waals surface area contributed by atoms with Crippen molar-refractivity contribution in [2.75, 3.05) is 5.32 Å². The first-order valence-electron chi connectivity index (χ1n) is 6.62. The Balaban J connectivity index is 1.87. The van der Waals surface area contributed by atoms with Crippen molar-refractivity contribution in [1.29, 1.82) is 5.26 Å². The number of carbonyl (C=O) groups excluding carboxylic acids is 1. The van der Waals surface area contributed by atoms with Crippen molar-refractivity contribution in [1.82, 2.24) is 4.98 Å². The average molecular weight is 358 g/mol. The molecule has 0 saturated heterocycles. The number of hydrogen-bond acceptors (Lipinski definition) is 6. The van der Waals surface area contributed by atoms with Gasteiger partial charge in [-0.25, -0.2) is 18.5 Å². The third-order valence-electron chi connectivity index (χ3n) is 3.19. The SMILES string of the molecule is N#Cc1ccc(C(=O)Nc2nc3ccc(S(N)(=O)=O)cc3s2)cc1. The number of nitrogens with zero attached hydrogens (tertiary/aromatic N) is 2. The molecule has 0 unspecified atom stereocenters. The number of rotatable bonds is 3. The van der Waals surface area contributed by atoms with E-state index < -0.39 is 10.0 Å². The molecule has 2 aromatic carbocycles. The van der Waals surface area contributed by atoms with E-state index in [2.05, 4.69) is 10.3 Å². The van der Waals surface area contributed by atoms with Gasteiger partial charge in [-0.3, -0.25) is 10.1 Å². The van der Waals surface area contributed by atoms with E-state index in [9.17, 15) is 13.2 Å². The molecule has 7 nitrogen and oxygen atoms in total. The molecule has 0 aliphatic heterocycles. The third kappa shape index (κ3) is 3.26. The zero-order chi connectivity index (χ0) is 17.3. The molecule has 3 aromatic rings. The lowest BCUT2D eigenvalue weighted by Gasteiger charge is -2.01. The predicted octanol–water partition coefficient (Wildman–Crippen LogP) is 2.07. The molecule has 24 heavy (non-hydrogen) atoms. The van der Waals surface area contributed by atoms with Crippen molar-refractivity contribution in [3.63, 3.8) is 0 Å². The summed E-state index contributed by atoms with van der Waals surface area (Å²) in [5.74, 6) is -0.370. The highest BCUT2D eigenvalue weighted by Gasteiger charge is 2.13. The average Bonchev–Trinajstić information content (AvgIpc) is 2.95. The van der Waals surface area contributed by atoms with E-state index >= 15 is 0 Å². The second-order valence-electron chi connectivity index (χ2n) is 4.84. The zero-order valence-electron chi connectivity index (χ0n) is 12.1. The summed E-state index contributed by atoms with van der Waals surface area (Å²) in [6, 6.07) is 12.5. The Morgan fingerprint density at radius 2 is 1.92 bits per heavy atom. The molecular formula is C15H10N4O3S2. The minimum absolute atomic E-state index is 0.0105. The Kier molecular flexibility index (Phi) is 4.02. The normalized spacial score (nSPS) is 11.2. The van der Waals surface area contributed by atoms with Gasteiger partial charge in [-0.15, -0.1) is 0 Å². The van der Waals surface area contributed by atoms with Crippen molar-refractivity contribution in [2.45, 2.75) is 4.90 Å². The highest BCUT2D eigenvalue weighted by atomic mass is 32.2. The van der Waals surface area contributed by atoms with Crippen LogP contribution in [0.4, 0.5) is 5.13 Å². The molecule has 1 heterocycles. The molecule has 0 aliphatic rings. The number of primary sulfonamides is 1. The Bertz CT molecular complexity index is 1080. The molecule has 1 aromatic heterocycles. The van der Waals surface area contributed by atoms with Crippen LogP contribution in [0, 0.1) is 11.3 Å². The van der Waals surface area contributed by atoms with E-state index in [-0.39, 0.29) is 10.8 Å². The first-order valence-corrected chi connectivity index (χ1v) is 8.98. The van der Waals surface area contributed by atoms with Crippen molar-refractivity contribution in [2.24, 2.45) is 5.14 Å². The number of fused-ring (bicyclic) bond motifs is 1. The molecule has 0 saturated carbocycles. The molecule has 120 valence electrons.